The highest BCUT2D eigenvalue weighted by Gasteiger charge is 2.48. The zero-order valence-electron chi connectivity index (χ0n) is 25.2. The molecule has 11 heteroatoms. The Labute approximate surface area is 248 Å². The SMILES string of the molecule is CCCN(CCN1C[C@H](c2ccc3c(c2)OCO3)[C@@H](C(=O)OCC)[C@@H]1c1ccc(OC)c(F)c1)S(=O)(=O)CCC(C)C. The van der Waals surface area contributed by atoms with Crippen LogP contribution in [-0.4, -0.2) is 76.0 Å². The summed E-state index contributed by atoms with van der Waals surface area (Å²) in [6, 6.07) is 9.79. The number of halogens is 1. The molecule has 0 amide bonds. The number of esters is 1. The molecule has 0 bridgehead atoms. The van der Waals surface area contributed by atoms with E-state index in [1.165, 1.54) is 13.2 Å². The number of ether oxygens (including phenoxy) is 4. The maximum absolute atomic E-state index is 15.0. The molecule has 9 nitrogen and oxygen atoms in total. The van der Waals surface area contributed by atoms with Crippen molar-refractivity contribution in [2.75, 3.05) is 52.4 Å². The van der Waals surface area contributed by atoms with Gasteiger partial charge in [-0.25, -0.2) is 17.1 Å². The van der Waals surface area contributed by atoms with Crippen molar-refractivity contribution in [3.8, 4) is 17.2 Å². The van der Waals surface area contributed by atoms with Gasteiger partial charge < -0.3 is 18.9 Å². The van der Waals surface area contributed by atoms with Crippen molar-refractivity contribution >= 4 is 16.0 Å². The molecule has 0 N–H and O–H groups in total. The van der Waals surface area contributed by atoms with Gasteiger partial charge >= 0.3 is 5.97 Å². The first-order valence-electron chi connectivity index (χ1n) is 14.7. The molecule has 3 atom stereocenters. The summed E-state index contributed by atoms with van der Waals surface area (Å²) in [4.78, 5) is 15.7. The predicted molar refractivity (Wildman–Crippen MR) is 158 cm³/mol. The summed E-state index contributed by atoms with van der Waals surface area (Å²) < 4.78 is 65.0. The quantitative estimate of drug-likeness (QED) is 0.278. The summed E-state index contributed by atoms with van der Waals surface area (Å²) in [5.41, 5.74) is 1.47. The number of fused-ring (bicyclic) bond motifs is 1. The van der Waals surface area contributed by atoms with Crippen LogP contribution in [0.2, 0.25) is 0 Å². The van der Waals surface area contributed by atoms with Crippen LogP contribution in [0.5, 0.6) is 17.2 Å². The van der Waals surface area contributed by atoms with E-state index in [2.05, 4.69) is 4.90 Å². The Hall–Kier alpha value is -2.89. The molecule has 0 saturated carbocycles. The van der Waals surface area contributed by atoms with Crippen molar-refractivity contribution in [1.82, 2.24) is 9.21 Å². The second-order valence-corrected chi connectivity index (χ2v) is 13.3. The summed E-state index contributed by atoms with van der Waals surface area (Å²) in [6.45, 7) is 9.51. The molecule has 0 aromatic heterocycles. The van der Waals surface area contributed by atoms with Gasteiger partial charge in [0.2, 0.25) is 16.8 Å². The molecule has 0 spiro atoms. The van der Waals surface area contributed by atoms with Gasteiger partial charge in [-0.15, -0.1) is 0 Å². The fourth-order valence-electron chi connectivity index (χ4n) is 5.82. The average Bonchev–Trinajstić information content (AvgIpc) is 3.58. The topological polar surface area (TPSA) is 94.6 Å². The first kappa shape index (κ1) is 32.0. The van der Waals surface area contributed by atoms with Crippen LogP contribution in [0.4, 0.5) is 4.39 Å². The van der Waals surface area contributed by atoms with Crippen molar-refractivity contribution in [3.05, 3.63) is 53.3 Å². The van der Waals surface area contributed by atoms with Gasteiger partial charge in [-0.05, 0) is 61.1 Å². The van der Waals surface area contributed by atoms with Gasteiger partial charge in [0.05, 0.1) is 25.4 Å². The lowest BCUT2D eigenvalue weighted by Crippen LogP contribution is -2.41. The first-order chi connectivity index (χ1) is 20.1. The van der Waals surface area contributed by atoms with Crippen LogP contribution in [0.25, 0.3) is 0 Å². The lowest BCUT2D eigenvalue weighted by atomic mass is 9.82. The molecule has 2 heterocycles. The molecule has 0 aliphatic carbocycles. The number of likely N-dealkylation sites (tertiary alicyclic amines) is 1. The van der Waals surface area contributed by atoms with E-state index in [1.54, 1.807) is 23.4 Å². The van der Waals surface area contributed by atoms with Crippen LogP contribution in [0.15, 0.2) is 36.4 Å². The first-order valence-corrected chi connectivity index (χ1v) is 16.3. The highest BCUT2D eigenvalue weighted by atomic mass is 32.2. The number of hydrogen-bond acceptors (Lipinski definition) is 8. The Morgan fingerprint density at radius 3 is 2.50 bits per heavy atom. The van der Waals surface area contributed by atoms with Gasteiger partial charge in [-0.2, -0.15) is 0 Å². The molecule has 1 saturated heterocycles. The van der Waals surface area contributed by atoms with E-state index in [4.69, 9.17) is 18.9 Å². The highest BCUT2D eigenvalue weighted by Crippen LogP contribution is 2.48. The Balaban J connectivity index is 1.72. The maximum atomic E-state index is 15.0. The number of methoxy groups -OCH3 is 1. The molecule has 0 radical (unpaired) electrons. The second kappa shape index (κ2) is 14.1. The Kier molecular flexibility index (Phi) is 10.7. The van der Waals surface area contributed by atoms with Crippen molar-refractivity contribution < 1.29 is 36.6 Å². The van der Waals surface area contributed by atoms with E-state index in [-0.39, 0.29) is 49.3 Å². The lowest BCUT2D eigenvalue weighted by molar-refractivity contribution is -0.149. The minimum Gasteiger partial charge on any atom is -0.494 e. The van der Waals surface area contributed by atoms with Gasteiger partial charge in [0.1, 0.15) is 0 Å². The van der Waals surface area contributed by atoms with Crippen molar-refractivity contribution in [1.29, 1.82) is 0 Å². The fourth-order valence-corrected chi connectivity index (χ4v) is 7.67. The van der Waals surface area contributed by atoms with E-state index in [0.29, 0.717) is 49.5 Å². The molecule has 1 fully saturated rings. The average molecular weight is 607 g/mol. The van der Waals surface area contributed by atoms with E-state index in [9.17, 15) is 13.2 Å². The van der Waals surface area contributed by atoms with Crippen molar-refractivity contribution in [3.63, 3.8) is 0 Å². The number of nitrogens with zero attached hydrogens (tertiary/aromatic N) is 2. The number of hydrogen-bond donors (Lipinski definition) is 0. The molecular weight excluding hydrogens is 563 g/mol. The van der Waals surface area contributed by atoms with Crippen LogP contribution in [0.3, 0.4) is 0 Å². The van der Waals surface area contributed by atoms with E-state index >= 15 is 4.39 Å². The Bertz CT molecular complexity index is 1340. The second-order valence-electron chi connectivity index (χ2n) is 11.2. The summed E-state index contributed by atoms with van der Waals surface area (Å²) >= 11 is 0. The van der Waals surface area contributed by atoms with Crippen molar-refractivity contribution in [2.24, 2.45) is 11.8 Å². The molecule has 4 rings (SSSR count). The van der Waals surface area contributed by atoms with Gasteiger partial charge in [0, 0.05) is 38.1 Å². The maximum Gasteiger partial charge on any atom is 0.311 e. The summed E-state index contributed by atoms with van der Waals surface area (Å²) in [7, 11) is -2.07. The number of sulfonamides is 1. The smallest absolute Gasteiger partial charge is 0.311 e. The number of rotatable bonds is 14. The number of carbonyl (C=O) groups excluding carboxylic acids is 1. The van der Waals surface area contributed by atoms with Gasteiger partial charge in [-0.3, -0.25) is 9.69 Å². The van der Waals surface area contributed by atoms with Crippen LogP contribution in [-0.2, 0) is 19.6 Å². The largest absolute Gasteiger partial charge is 0.494 e. The Morgan fingerprint density at radius 1 is 1.10 bits per heavy atom. The van der Waals surface area contributed by atoms with Crippen LogP contribution < -0.4 is 14.2 Å². The monoisotopic (exact) mass is 606 g/mol. The normalized spacial score (nSPS) is 20.4. The van der Waals surface area contributed by atoms with E-state index < -0.39 is 27.8 Å². The minimum atomic E-state index is -3.47. The minimum absolute atomic E-state index is 0.0864. The fraction of sp³-hybridized carbons (Fsp3) is 0.581. The van der Waals surface area contributed by atoms with Gasteiger partial charge in [-0.1, -0.05) is 32.9 Å². The number of carbonyl (C=O) groups is 1. The lowest BCUT2D eigenvalue weighted by Gasteiger charge is -2.30. The molecule has 2 aliphatic heterocycles. The van der Waals surface area contributed by atoms with Gasteiger partial charge in [0.25, 0.3) is 0 Å². The summed E-state index contributed by atoms with van der Waals surface area (Å²) in [6.07, 6.45) is 1.26. The summed E-state index contributed by atoms with van der Waals surface area (Å²) in [5, 5.41) is 0. The van der Waals surface area contributed by atoms with E-state index in [0.717, 1.165) is 5.56 Å². The third-order valence-electron chi connectivity index (χ3n) is 7.96. The van der Waals surface area contributed by atoms with E-state index in [1.807, 2.05) is 39.0 Å². The zero-order valence-corrected chi connectivity index (χ0v) is 26.0. The molecule has 2 aromatic rings. The predicted octanol–water partition coefficient (Wildman–Crippen LogP) is 4.97. The molecule has 2 aromatic carbocycles. The summed E-state index contributed by atoms with van der Waals surface area (Å²) in [5.74, 6) is -0.211. The Morgan fingerprint density at radius 2 is 1.83 bits per heavy atom. The van der Waals surface area contributed by atoms with Gasteiger partial charge in [0.15, 0.2) is 23.1 Å². The third-order valence-corrected chi connectivity index (χ3v) is 9.86. The molecular formula is C31H43FN2O7S. The molecule has 232 valence electrons. The molecule has 42 heavy (non-hydrogen) atoms. The van der Waals surface area contributed by atoms with Crippen molar-refractivity contribution in [2.45, 2.75) is 52.5 Å². The third kappa shape index (κ3) is 7.18. The van der Waals surface area contributed by atoms with Crippen LogP contribution in [0.1, 0.15) is 63.6 Å². The standard InChI is InChI=1S/C31H43FN2O7S/c1-6-13-34(42(36,37)16-12-21(3)4)15-14-33-19-24(22-8-11-27-28(18-22)41-20-40-27)29(31(35)39-7-2)30(33)23-9-10-26(38-5)25(32)17-23/h8-11,17-18,21,24,29-30H,6-7,12-16,19-20H2,1-5H3/t24-,29-,30+/m1/s1. The molecule has 0 unspecified atom stereocenters. The zero-order chi connectivity index (χ0) is 30.4. The number of benzene rings is 2. The van der Waals surface area contributed by atoms with Crippen LogP contribution in [0, 0.1) is 17.7 Å². The van der Waals surface area contributed by atoms with Crippen LogP contribution >= 0.6 is 0 Å². The highest BCUT2D eigenvalue weighted by molar-refractivity contribution is 7.89. The molecule has 2 aliphatic rings.